The summed E-state index contributed by atoms with van der Waals surface area (Å²) < 4.78 is 5.11. The molecule has 1 aromatic heterocycles. The number of nitrogens with two attached hydrogens (primary N) is 1. The number of benzene rings is 1. The molecule has 0 bridgehead atoms. The molecule has 0 fully saturated rings. The second-order valence-corrected chi connectivity index (χ2v) is 3.69. The molecule has 7 nitrogen and oxygen atoms in total. The lowest BCUT2D eigenvalue weighted by Crippen LogP contribution is -2.45. The van der Waals surface area contributed by atoms with Gasteiger partial charge in [0.1, 0.15) is 5.52 Å². The fraction of sp³-hybridized carbons (Fsp3) is 0.182. The lowest BCUT2D eigenvalue weighted by Gasteiger charge is -2.08. The van der Waals surface area contributed by atoms with Crippen molar-refractivity contribution in [3.8, 4) is 0 Å². The predicted molar refractivity (Wildman–Crippen MR) is 61.5 cm³/mol. The van der Waals surface area contributed by atoms with Crippen LogP contribution in [0.2, 0.25) is 0 Å². The van der Waals surface area contributed by atoms with Gasteiger partial charge in [0.15, 0.2) is 18.0 Å². The Hall–Kier alpha value is -2.41. The highest BCUT2D eigenvalue weighted by Gasteiger charge is 2.20. The summed E-state index contributed by atoms with van der Waals surface area (Å²) in [5, 5.41) is 11.0. The quantitative estimate of drug-likeness (QED) is 0.649. The van der Waals surface area contributed by atoms with Crippen LogP contribution in [0.25, 0.3) is 11.1 Å². The summed E-state index contributed by atoms with van der Waals surface area (Å²) in [6, 6.07) is 3.67. The van der Waals surface area contributed by atoms with Gasteiger partial charge in [-0.15, -0.1) is 0 Å². The van der Waals surface area contributed by atoms with Gasteiger partial charge in [-0.3, -0.25) is 4.79 Å². The van der Waals surface area contributed by atoms with Gasteiger partial charge in [0.25, 0.3) is 0 Å². The third-order valence-electron chi connectivity index (χ3n) is 2.41. The number of amides is 1. The number of aromatic nitrogens is 1. The van der Waals surface area contributed by atoms with E-state index in [1.54, 1.807) is 18.2 Å². The van der Waals surface area contributed by atoms with Crippen LogP contribution in [0.3, 0.4) is 0 Å². The number of carboxylic acid groups (broad SMARTS) is 1. The van der Waals surface area contributed by atoms with Gasteiger partial charge in [-0.25, -0.2) is 9.78 Å². The maximum Gasteiger partial charge on any atom is 0.330 e. The first-order valence-corrected chi connectivity index (χ1v) is 5.16. The lowest BCUT2D eigenvalue weighted by molar-refractivity contribution is -0.142. The largest absolute Gasteiger partial charge is 0.480 e. The maximum atomic E-state index is 11.3. The molecule has 2 rings (SSSR count). The Bertz CT molecular complexity index is 593. The Labute approximate surface area is 102 Å². The van der Waals surface area contributed by atoms with Crippen LogP contribution in [0, 0.1) is 0 Å². The van der Waals surface area contributed by atoms with E-state index >= 15 is 0 Å². The molecule has 0 spiro atoms. The van der Waals surface area contributed by atoms with Crippen molar-refractivity contribution in [1.82, 2.24) is 10.3 Å². The Balaban J connectivity index is 2.01. The molecule has 0 aliphatic heterocycles. The minimum atomic E-state index is -1.56. The van der Waals surface area contributed by atoms with Gasteiger partial charge >= 0.3 is 5.97 Å². The summed E-state index contributed by atoms with van der Waals surface area (Å²) in [5.41, 5.74) is 7.24. The van der Waals surface area contributed by atoms with Crippen LogP contribution >= 0.6 is 0 Å². The second kappa shape index (κ2) is 4.84. The van der Waals surface area contributed by atoms with E-state index < -0.39 is 17.9 Å². The predicted octanol–water partition coefficient (Wildman–Crippen LogP) is -0.144. The Morgan fingerprint density at radius 3 is 3.00 bits per heavy atom. The summed E-state index contributed by atoms with van der Waals surface area (Å²) >= 11 is 0. The first-order chi connectivity index (χ1) is 8.58. The average Bonchev–Trinajstić information content (AvgIpc) is 2.82. The molecular weight excluding hydrogens is 238 g/mol. The molecule has 0 aliphatic rings. The zero-order valence-corrected chi connectivity index (χ0v) is 9.29. The molecule has 1 aromatic carbocycles. The fourth-order valence-electron chi connectivity index (χ4n) is 1.42. The van der Waals surface area contributed by atoms with E-state index in [1.807, 2.05) is 0 Å². The Morgan fingerprint density at radius 1 is 1.50 bits per heavy atom. The van der Waals surface area contributed by atoms with E-state index in [9.17, 15) is 9.59 Å². The Kier molecular flexibility index (Phi) is 3.24. The third-order valence-corrected chi connectivity index (χ3v) is 2.41. The van der Waals surface area contributed by atoms with E-state index in [2.05, 4.69) is 10.3 Å². The number of aliphatic carboxylic acids is 1. The smallest absolute Gasteiger partial charge is 0.330 e. The molecule has 7 heteroatoms. The number of fused-ring (bicyclic) bond motifs is 1. The number of carbonyl (C=O) groups is 2. The molecule has 94 valence electrons. The zero-order chi connectivity index (χ0) is 13.1. The highest BCUT2D eigenvalue weighted by Crippen LogP contribution is 2.13. The summed E-state index contributed by atoms with van der Waals surface area (Å²) in [7, 11) is 0. The molecule has 1 unspecified atom stereocenters. The minimum Gasteiger partial charge on any atom is -0.480 e. The summed E-state index contributed by atoms with van der Waals surface area (Å²) in [5.74, 6) is -2.10. The normalized spacial score (nSPS) is 12.3. The van der Waals surface area contributed by atoms with Crippen molar-refractivity contribution in [2.24, 2.45) is 5.73 Å². The van der Waals surface area contributed by atoms with E-state index in [0.29, 0.717) is 11.1 Å². The van der Waals surface area contributed by atoms with Gasteiger partial charge in [0.2, 0.25) is 5.91 Å². The van der Waals surface area contributed by atoms with Crippen LogP contribution < -0.4 is 11.1 Å². The summed E-state index contributed by atoms with van der Waals surface area (Å²) in [6.45, 7) is 0.177. The maximum absolute atomic E-state index is 11.3. The van der Waals surface area contributed by atoms with Crippen LogP contribution in [0.5, 0.6) is 0 Å². The first-order valence-electron chi connectivity index (χ1n) is 5.16. The van der Waals surface area contributed by atoms with Crippen molar-refractivity contribution in [2.75, 3.05) is 0 Å². The Morgan fingerprint density at radius 2 is 2.28 bits per heavy atom. The first kappa shape index (κ1) is 12.1. The molecule has 18 heavy (non-hydrogen) atoms. The van der Waals surface area contributed by atoms with Crippen LogP contribution in [-0.2, 0) is 16.1 Å². The summed E-state index contributed by atoms with van der Waals surface area (Å²) in [6.07, 6.45) is 1.33. The van der Waals surface area contributed by atoms with E-state index in [1.165, 1.54) is 6.39 Å². The molecule has 1 amide bonds. The van der Waals surface area contributed by atoms with E-state index in [-0.39, 0.29) is 6.54 Å². The van der Waals surface area contributed by atoms with Gasteiger partial charge in [0, 0.05) is 6.54 Å². The number of carboxylic acids is 1. The van der Waals surface area contributed by atoms with Crippen LogP contribution in [0.4, 0.5) is 0 Å². The zero-order valence-electron chi connectivity index (χ0n) is 9.29. The van der Waals surface area contributed by atoms with Crippen molar-refractivity contribution in [1.29, 1.82) is 0 Å². The molecule has 1 atom stereocenters. The van der Waals surface area contributed by atoms with Crippen molar-refractivity contribution in [2.45, 2.75) is 12.6 Å². The van der Waals surface area contributed by atoms with Gasteiger partial charge in [-0.2, -0.15) is 0 Å². The van der Waals surface area contributed by atoms with E-state index in [4.69, 9.17) is 15.3 Å². The highest BCUT2D eigenvalue weighted by atomic mass is 16.4. The molecule has 0 saturated heterocycles. The molecule has 0 radical (unpaired) electrons. The van der Waals surface area contributed by atoms with Crippen molar-refractivity contribution < 1.29 is 19.1 Å². The van der Waals surface area contributed by atoms with Crippen LogP contribution in [0.1, 0.15) is 5.56 Å². The van der Waals surface area contributed by atoms with Crippen LogP contribution in [-0.4, -0.2) is 28.0 Å². The summed E-state index contributed by atoms with van der Waals surface area (Å²) in [4.78, 5) is 25.8. The molecule has 1 heterocycles. The van der Waals surface area contributed by atoms with Crippen molar-refractivity contribution in [3.63, 3.8) is 0 Å². The number of nitrogens with zero attached hydrogens (tertiary/aromatic N) is 1. The van der Waals surface area contributed by atoms with Crippen molar-refractivity contribution >= 4 is 23.0 Å². The number of hydrogen-bond donors (Lipinski definition) is 3. The standard InChI is InChI=1S/C11H11N3O4/c12-9(11(16)17)10(15)13-4-6-1-2-7-8(3-6)18-5-14-7/h1-3,5,9H,4,12H2,(H,13,15)(H,16,17). The van der Waals surface area contributed by atoms with Gasteiger partial charge < -0.3 is 20.6 Å². The monoisotopic (exact) mass is 249 g/mol. The number of carbonyl (C=O) groups excluding carboxylic acids is 1. The van der Waals surface area contributed by atoms with E-state index in [0.717, 1.165) is 5.56 Å². The molecule has 4 N–H and O–H groups in total. The minimum absolute atomic E-state index is 0.177. The van der Waals surface area contributed by atoms with Gasteiger partial charge in [-0.1, -0.05) is 6.07 Å². The second-order valence-electron chi connectivity index (χ2n) is 3.69. The SMILES string of the molecule is NC(C(=O)O)C(=O)NCc1ccc2ncoc2c1. The fourth-order valence-corrected chi connectivity index (χ4v) is 1.42. The molecule has 0 saturated carbocycles. The number of nitrogens with one attached hydrogen (secondary N) is 1. The highest BCUT2D eigenvalue weighted by molar-refractivity contribution is 6.00. The molecule has 2 aromatic rings. The average molecular weight is 249 g/mol. The van der Waals surface area contributed by atoms with Gasteiger partial charge in [0.05, 0.1) is 0 Å². The topological polar surface area (TPSA) is 118 Å². The lowest BCUT2D eigenvalue weighted by atomic mass is 10.2. The van der Waals surface area contributed by atoms with Crippen LogP contribution in [0.15, 0.2) is 29.0 Å². The number of oxazole rings is 1. The third kappa shape index (κ3) is 2.46. The van der Waals surface area contributed by atoms with Gasteiger partial charge in [-0.05, 0) is 17.7 Å². The molecular formula is C11H11N3O4. The molecule has 0 aliphatic carbocycles. The number of rotatable bonds is 4. The number of hydrogen-bond acceptors (Lipinski definition) is 5. The van der Waals surface area contributed by atoms with Crippen molar-refractivity contribution in [3.05, 3.63) is 30.2 Å².